The molecule has 10 heteroatoms. The first kappa shape index (κ1) is 20.4. The summed E-state index contributed by atoms with van der Waals surface area (Å²) in [5.41, 5.74) is -2.07. The van der Waals surface area contributed by atoms with Gasteiger partial charge in [0, 0.05) is 11.5 Å². The van der Waals surface area contributed by atoms with Crippen LogP contribution in [-0.4, -0.2) is 16.4 Å². The first-order chi connectivity index (χ1) is 14.1. The lowest BCUT2D eigenvalue weighted by Crippen LogP contribution is -2.48. The van der Waals surface area contributed by atoms with Crippen molar-refractivity contribution in [1.29, 1.82) is 0 Å². The number of alkyl halides is 6. The third-order valence-electron chi connectivity index (χ3n) is 4.84. The van der Waals surface area contributed by atoms with Crippen LogP contribution in [0.4, 0.5) is 26.3 Å². The predicted octanol–water partition coefficient (Wildman–Crippen LogP) is 4.51. The predicted molar refractivity (Wildman–Crippen MR) is 92.6 cm³/mol. The lowest BCUT2D eigenvalue weighted by Gasteiger charge is -2.19. The maximum atomic E-state index is 13.2. The van der Waals surface area contributed by atoms with Crippen molar-refractivity contribution in [1.82, 2.24) is 9.78 Å². The first-order valence-electron chi connectivity index (χ1n) is 9.02. The zero-order valence-corrected chi connectivity index (χ0v) is 15.4. The second kappa shape index (κ2) is 7.42. The molecule has 0 aliphatic carbocycles. The number of hydrogen-bond donors (Lipinski definition) is 0. The van der Waals surface area contributed by atoms with E-state index in [9.17, 15) is 26.3 Å². The molecular formula is C20H16F6N3O+. The lowest BCUT2D eigenvalue weighted by atomic mass is 10.1. The van der Waals surface area contributed by atoms with E-state index >= 15 is 0 Å². The fraction of sp³-hybridized carbons (Fsp3) is 0.300. The fourth-order valence-corrected chi connectivity index (χ4v) is 3.40. The Morgan fingerprint density at radius 2 is 1.60 bits per heavy atom. The van der Waals surface area contributed by atoms with Crippen molar-refractivity contribution in [3.8, 4) is 5.69 Å². The largest absolute Gasteiger partial charge is 0.416 e. The molecule has 0 saturated carbocycles. The van der Waals surface area contributed by atoms with Crippen LogP contribution in [0.5, 0.6) is 0 Å². The molecule has 0 spiro atoms. The number of halogens is 6. The van der Waals surface area contributed by atoms with Crippen molar-refractivity contribution in [3.63, 3.8) is 0 Å². The molecule has 1 aliphatic rings. The van der Waals surface area contributed by atoms with Crippen LogP contribution in [0.25, 0.3) is 5.69 Å². The minimum atomic E-state index is -4.92. The molecule has 30 heavy (non-hydrogen) atoms. The summed E-state index contributed by atoms with van der Waals surface area (Å²) < 4.78 is 87.3. The molecule has 0 saturated heterocycles. The van der Waals surface area contributed by atoms with Gasteiger partial charge in [0.15, 0.2) is 0 Å². The summed E-state index contributed by atoms with van der Waals surface area (Å²) >= 11 is 0. The third kappa shape index (κ3) is 4.18. The SMILES string of the molecule is FC(F)(F)c1cc(-n2c[n+]3c(n2)COC[C@H]3Cc2ccccc2)cc(C(F)(F)F)c1. The summed E-state index contributed by atoms with van der Waals surface area (Å²) in [5, 5.41) is 4.18. The summed E-state index contributed by atoms with van der Waals surface area (Å²) in [5.74, 6) is 0.424. The number of hydrogen-bond acceptors (Lipinski definition) is 2. The van der Waals surface area contributed by atoms with Gasteiger partial charge in [0.25, 0.3) is 0 Å². The summed E-state index contributed by atoms with van der Waals surface area (Å²) in [6, 6.07) is 10.7. The van der Waals surface area contributed by atoms with E-state index in [1.54, 1.807) is 4.57 Å². The third-order valence-corrected chi connectivity index (χ3v) is 4.84. The van der Waals surface area contributed by atoms with Crippen molar-refractivity contribution >= 4 is 0 Å². The van der Waals surface area contributed by atoms with Gasteiger partial charge in [-0.25, -0.2) is 4.57 Å². The fourth-order valence-electron chi connectivity index (χ4n) is 3.40. The van der Waals surface area contributed by atoms with Crippen LogP contribution in [0, 0.1) is 0 Å². The van der Waals surface area contributed by atoms with E-state index in [1.165, 1.54) is 6.33 Å². The number of aromatic nitrogens is 3. The van der Waals surface area contributed by atoms with E-state index in [0.29, 0.717) is 31.0 Å². The van der Waals surface area contributed by atoms with E-state index in [1.807, 2.05) is 30.3 Å². The maximum absolute atomic E-state index is 13.2. The number of ether oxygens (including phenoxy) is 1. The average Bonchev–Trinajstić information content (AvgIpc) is 3.13. The van der Waals surface area contributed by atoms with Crippen LogP contribution < -0.4 is 4.57 Å². The summed E-state index contributed by atoms with van der Waals surface area (Å²) in [6.45, 7) is 0.470. The van der Waals surface area contributed by atoms with Crippen LogP contribution in [0.2, 0.25) is 0 Å². The van der Waals surface area contributed by atoms with Crippen molar-refractivity contribution in [3.05, 3.63) is 77.4 Å². The summed E-state index contributed by atoms with van der Waals surface area (Å²) in [6.07, 6.45) is -7.84. The standard InChI is InChI=1S/C20H16F6N3O/c21-19(22,23)14-7-15(20(24,25)26)9-16(8-14)29-12-28-17(10-30-11-18(28)27-29)6-13-4-2-1-3-5-13/h1-5,7-9,12,17H,6,10-11H2/q+1/t17-/m1/s1. The number of rotatable bonds is 3. The van der Waals surface area contributed by atoms with E-state index in [-0.39, 0.29) is 24.4 Å². The Bertz CT molecular complexity index is 1010. The first-order valence-corrected chi connectivity index (χ1v) is 9.02. The zero-order chi connectivity index (χ0) is 21.5. The molecule has 3 aromatic rings. The quantitative estimate of drug-likeness (QED) is 0.454. The normalized spacial score (nSPS) is 17.1. The minimum absolute atomic E-state index is 0.0986. The van der Waals surface area contributed by atoms with Gasteiger partial charge in [0.1, 0.15) is 18.3 Å². The van der Waals surface area contributed by atoms with Crippen molar-refractivity contribution in [2.75, 3.05) is 6.61 Å². The van der Waals surface area contributed by atoms with Gasteiger partial charge in [-0.2, -0.15) is 26.3 Å². The molecule has 2 aromatic carbocycles. The summed E-state index contributed by atoms with van der Waals surface area (Å²) in [4.78, 5) is 0. The molecule has 0 amide bonds. The Morgan fingerprint density at radius 1 is 0.967 bits per heavy atom. The molecule has 2 heterocycles. The maximum Gasteiger partial charge on any atom is 0.416 e. The van der Waals surface area contributed by atoms with Crippen LogP contribution in [0.3, 0.4) is 0 Å². The molecule has 0 bridgehead atoms. The minimum Gasteiger partial charge on any atom is -0.367 e. The van der Waals surface area contributed by atoms with Crippen LogP contribution in [0.15, 0.2) is 54.9 Å². The molecule has 1 atom stereocenters. The topological polar surface area (TPSA) is 30.9 Å². The molecule has 4 nitrogen and oxygen atoms in total. The van der Waals surface area contributed by atoms with Crippen LogP contribution in [0.1, 0.15) is 28.6 Å². The second-order valence-electron chi connectivity index (χ2n) is 7.01. The Labute approximate surface area is 167 Å². The number of benzene rings is 2. The van der Waals surface area contributed by atoms with Crippen molar-refractivity contribution in [2.24, 2.45) is 0 Å². The monoisotopic (exact) mass is 428 g/mol. The van der Waals surface area contributed by atoms with Crippen LogP contribution >= 0.6 is 0 Å². The van der Waals surface area contributed by atoms with Crippen molar-refractivity contribution in [2.45, 2.75) is 31.4 Å². The number of nitrogens with zero attached hydrogens (tertiary/aromatic N) is 3. The zero-order valence-electron chi connectivity index (χ0n) is 15.4. The highest BCUT2D eigenvalue weighted by Crippen LogP contribution is 2.37. The molecular weight excluding hydrogens is 412 g/mol. The molecule has 1 aromatic heterocycles. The highest BCUT2D eigenvalue weighted by atomic mass is 19.4. The van der Waals surface area contributed by atoms with E-state index < -0.39 is 23.5 Å². The molecule has 0 N–H and O–H groups in total. The Morgan fingerprint density at radius 3 is 2.20 bits per heavy atom. The molecule has 0 fully saturated rings. The van der Waals surface area contributed by atoms with Crippen LogP contribution in [-0.2, 0) is 30.1 Å². The highest BCUT2D eigenvalue weighted by Gasteiger charge is 2.38. The highest BCUT2D eigenvalue weighted by molar-refractivity contribution is 5.41. The van der Waals surface area contributed by atoms with Gasteiger partial charge in [-0.15, -0.1) is 0 Å². The number of fused-ring (bicyclic) bond motifs is 1. The van der Waals surface area contributed by atoms with Gasteiger partial charge in [-0.05, 0) is 23.8 Å². The Kier molecular flexibility index (Phi) is 5.05. The molecule has 0 radical (unpaired) electrons. The van der Waals surface area contributed by atoms with Gasteiger partial charge >= 0.3 is 18.2 Å². The smallest absolute Gasteiger partial charge is 0.367 e. The van der Waals surface area contributed by atoms with Crippen molar-refractivity contribution < 1.29 is 35.6 Å². The second-order valence-corrected chi connectivity index (χ2v) is 7.01. The molecule has 158 valence electrons. The van der Waals surface area contributed by atoms with Gasteiger partial charge in [0.2, 0.25) is 6.33 Å². The Balaban J connectivity index is 1.74. The van der Waals surface area contributed by atoms with E-state index in [4.69, 9.17) is 4.74 Å². The van der Waals surface area contributed by atoms with Gasteiger partial charge in [0.05, 0.1) is 17.7 Å². The van der Waals surface area contributed by atoms with Gasteiger partial charge < -0.3 is 4.74 Å². The average molecular weight is 428 g/mol. The molecule has 0 unspecified atom stereocenters. The Hall–Kier alpha value is -2.88. The van der Waals surface area contributed by atoms with E-state index in [0.717, 1.165) is 10.2 Å². The van der Waals surface area contributed by atoms with Gasteiger partial charge in [-0.1, -0.05) is 35.0 Å². The molecule has 1 aliphatic heterocycles. The van der Waals surface area contributed by atoms with Gasteiger partial charge in [-0.3, -0.25) is 0 Å². The molecule has 4 rings (SSSR count). The summed E-state index contributed by atoms with van der Waals surface area (Å²) in [7, 11) is 0. The lowest BCUT2D eigenvalue weighted by molar-refractivity contribution is -0.742. The van der Waals surface area contributed by atoms with E-state index in [2.05, 4.69) is 5.10 Å².